The van der Waals surface area contributed by atoms with Gasteiger partial charge < -0.3 is 15.4 Å². The van der Waals surface area contributed by atoms with Crippen molar-refractivity contribution in [3.63, 3.8) is 0 Å². The fraction of sp³-hybridized carbons (Fsp3) is 0.625. The molecule has 112 valence electrons. The molecule has 2 rings (SSSR count). The number of nitrogens with two attached hydrogens (primary N) is 1. The molecule has 0 aromatic heterocycles. The number of hydrogen-bond acceptors (Lipinski definition) is 3. The van der Waals surface area contributed by atoms with Crippen LogP contribution in [0.15, 0.2) is 18.2 Å². The second-order valence-electron chi connectivity index (χ2n) is 5.62. The molecular weight excluding hydrogens is 272 g/mol. The van der Waals surface area contributed by atoms with Gasteiger partial charge in [-0.3, -0.25) is 0 Å². The SMILES string of the molecule is CCOC1CCCN(c2ccc(CC(C)N)c(Cl)c2)C1. The molecule has 0 spiro atoms. The molecular formula is C16H25ClN2O. The minimum Gasteiger partial charge on any atom is -0.377 e. The Balaban J connectivity index is 2.06. The second-order valence-corrected chi connectivity index (χ2v) is 6.03. The van der Waals surface area contributed by atoms with E-state index in [-0.39, 0.29) is 6.04 Å². The highest BCUT2D eigenvalue weighted by Gasteiger charge is 2.20. The second kappa shape index (κ2) is 7.30. The lowest BCUT2D eigenvalue weighted by atomic mass is 10.0. The van der Waals surface area contributed by atoms with Gasteiger partial charge in [0.15, 0.2) is 0 Å². The van der Waals surface area contributed by atoms with E-state index < -0.39 is 0 Å². The Morgan fingerprint density at radius 2 is 2.30 bits per heavy atom. The smallest absolute Gasteiger partial charge is 0.0750 e. The van der Waals surface area contributed by atoms with Crippen molar-refractivity contribution in [2.45, 2.75) is 45.3 Å². The van der Waals surface area contributed by atoms with Crippen LogP contribution in [0.3, 0.4) is 0 Å². The Morgan fingerprint density at radius 3 is 2.95 bits per heavy atom. The third-order valence-electron chi connectivity index (χ3n) is 3.72. The van der Waals surface area contributed by atoms with E-state index in [2.05, 4.69) is 30.0 Å². The monoisotopic (exact) mass is 296 g/mol. The van der Waals surface area contributed by atoms with Gasteiger partial charge in [0.1, 0.15) is 0 Å². The highest BCUT2D eigenvalue weighted by atomic mass is 35.5. The van der Waals surface area contributed by atoms with E-state index in [0.29, 0.717) is 6.10 Å². The molecule has 1 heterocycles. The molecule has 0 bridgehead atoms. The van der Waals surface area contributed by atoms with Gasteiger partial charge in [-0.25, -0.2) is 0 Å². The van der Waals surface area contributed by atoms with Crippen molar-refractivity contribution in [2.75, 3.05) is 24.6 Å². The van der Waals surface area contributed by atoms with Gasteiger partial charge in [-0.1, -0.05) is 17.7 Å². The van der Waals surface area contributed by atoms with E-state index in [9.17, 15) is 0 Å². The maximum Gasteiger partial charge on any atom is 0.0750 e. The Morgan fingerprint density at radius 1 is 1.50 bits per heavy atom. The quantitative estimate of drug-likeness (QED) is 0.906. The van der Waals surface area contributed by atoms with Crippen LogP contribution in [-0.2, 0) is 11.2 Å². The lowest BCUT2D eigenvalue weighted by Crippen LogP contribution is -2.39. The van der Waals surface area contributed by atoms with E-state index in [1.807, 2.05) is 6.92 Å². The summed E-state index contributed by atoms with van der Waals surface area (Å²) in [5.74, 6) is 0. The van der Waals surface area contributed by atoms with Crippen molar-refractivity contribution in [3.8, 4) is 0 Å². The fourth-order valence-corrected chi connectivity index (χ4v) is 3.04. The number of piperidine rings is 1. The maximum absolute atomic E-state index is 6.38. The molecule has 0 amide bonds. The maximum atomic E-state index is 6.38. The van der Waals surface area contributed by atoms with Crippen molar-refractivity contribution < 1.29 is 4.74 Å². The van der Waals surface area contributed by atoms with E-state index in [1.165, 1.54) is 12.1 Å². The molecule has 0 aliphatic carbocycles. The summed E-state index contributed by atoms with van der Waals surface area (Å²) in [5, 5.41) is 0.818. The average Bonchev–Trinajstić information content (AvgIpc) is 2.41. The minimum atomic E-state index is 0.135. The molecule has 4 heteroatoms. The van der Waals surface area contributed by atoms with Gasteiger partial charge in [-0.15, -0.1) is 0 Å². The number of halogens is 1. The largest absolute Gasteiger partial charge is 0.377 e. The number of nitrogens with zero attached hydrogens (tertiary/aromatic N) is 1. The summed E-state index contributed by atoms with van der Waals surface area (Å²) in [6, 6.07) is 6.45. The lowest BCUT2D eigenvalue weighted by Gasteiger charge is -2.34. The van der Waals surface area contributed by atoms with Crippen LogP contribution in [0.5, 0.6) is 0 Å². The molecule has 0 saturated carbocycles. The summed E-state index contributed by atoms with van der Waals surface area (Å²) in [4.78, 5) is 2.37. The van der Waals surface area contributed by atoms with Crippen molar-refractivity contribution in [2.24, 2.45) is 5.73 Å². The Labute approximate surface area is 127 Å². The predicted octanol–water partition coefficient (Wildman–Crippen LogP) is 3.24. The fourth-order valence-electron chi connectivity index (χ4n) is 2.79. The molecule has 0 radical (unpaired) electrons. The van der Waals surface area contributed by atoms with Crippen molar-refractivity contribution in [1.29, 1.82) is 0 Å². The van der Waals surface area contributed by atoms with Crippen LogP contribution < -0.4 is 10.6 Å². The summed E-state index contributed by atoms with van der Waals surface area (Å²) in [6.45, 7) is 6.87. The first-order valence-corrected chi connectivity index (χ1v) is 7.88. The van der Waals surface area contributed by atoms with Gasteiger partial charge in [-0.05, 0) is 50.8 Å². The zero-order valence-corrected chi connectivity index (χ0v) is 13.2. The molecule has 1 fully saturated rings. The van der Waals surface area contributed by atoms with Gasteiger partial charge in [-0.2, -0.15) is 0 Å². The average molecular weight is 297 g/mol. The van der Waals surface area contributed by atoms with Gasteiger partial charge in [0, 0.05) is 36.4 Å². The zero-order valence-electron chi connectivity index (χ0n) is 12.4. The van der Waals surface area contributed by atoms with E-state index in [4.69, 9.17) is 22.1 Å². The molecule has 1 aliphatic heterocycles. The summed E-state index contributed by atoms with van der Waals surface area (Å²) in [6.07, 6.45) is 3.49. The van der Waals surface area contributed by atoms with Gasteiger partial charge in [0.25, 0.3) is 0 Å². The molecule has 2 N–H and O–H groups in total. The van der Waals surface area contributed by atoms with Crippen molar-refractivity contribution in [1.82, 2.24) is 0 Å². The van der Waals surface area contributed by atoms with Gasteiger partial charge in [0.05, 0.1) is 6.10 Å². The molecule has 2 unspecified atom stereocenters. The minimum absolute atomic E-state index is 0.135. The molecule has 20 heavy (non-hydrogen) atoms. The third-order valence-corrected chi connectivity index (χ3v) is 4.08. The van der Waals surface area contributed by atoms with Crippen LogP contribution in [0.4, 0.5) is 5.69 Å². The Bertz CT molecular complexity index is 434. The normalized spacial score (nSPS) is 21.0. The zero-order chi connectivity index (χ0) is 14.5. The van der Waals surface area contributed by atoms with Crippen LogP contribution in [0, 0.1) is 0 Å². The van der Waals surface area contributed by atoms with Crippen LogP contribution in [-0.4, -0.2) is 31.8 Å². The first-order chi connectivity index (χ1) is 9.60. The molecule has 2 atom stereocenters. The van der Waals surface area contributed by atoms with Gasteiger partial charge >= 0.3 is 0 Å². The number of ether oxygens (including phenoxy) is 1. The van der Waals surface area contributed by atoms with Crippen molar-refractivity contribution in [3.05, 3.63) is 28.8 Å². The third kappa shape index (κ3) is 4.11. The molecule has 1 aromatic rings. The summed E-state index contributed by atoms with van der Waals surface area (Å²) >= 11 is 6.38. The molecule has 3 nitrogen and oxygen atoms in total. The molecule has 1 saturated heterocycles. The highest BCUT2D eigenvalue weighted by Crippen LogP contribution is 2.27. The summed E-state index contributed by atoms with van der Waals surface area (Å²) < 4.78 is 5.75. The molecule has 1 aliphatic rings. The number of hydrogen-bond donors (Lipinski definition) is 1. The van der Waals surface area contributed by atoms with E-state index in [0.717, 1.165) is 43.1 Å². The van der Waals surface area contributed by atoms with E-state index >= 15 is 0 Å². The van der Waals surface area contributed by atoms with E-state index in [1.54, 1.807) is 0 Å². The lowest BCUT2D eigenvalue weighted by molar-refractivity contribution is 0.0527. The highest BCUT2D eigenvalue weighted by molar-refractivity contribution is 6.31. The Kier molecular flexibility index (Phi) is 5.70. The van der Waals surface area contributed by atoms with Gasteiger partial charge in [0.2, 0.25) is 0 Å². The first kappa shape index (κ1) is 15.6. The summed E-state index contributed by atoms with van der Waals surface area (Å²) in [7, 11) is 0. The standard InChI is InChI=1S/C16H25ClN2O/c1-3-20-15-5-4-8-19(11-15)14-7-6-13(9-12(2)18)16(17)10-14/h6-7,10,12,15H,3-5,8-9,11,18H2,1-2H3. The first-order valence-electron chi connectivity index (χ1n) is 7.50. The van der Waals surface area contributed by atoms with Crippen LogP contribution >= 0.6 is 11.6 Å². The molecule has 1 aromatic carbocycles. The van der Waals surface area contributed by atoms with Crippen LogP contribution in [0.25, 0.3) is 0 Å². The predicted molar refractivity (Wildman–Crippen MR) is 85.7 cm³/mol. The van der Waals surface area contributed by atoms with Crippen LogP contribution in [0.2, 0.25) is 5.02 Å². The topological polar surface area (TPSA) is 38.5 Å². The number of anilines is 1. The van der Waals surface area contributed by atoms with Crippen LogP contribution in [0.1, 0.15) is 32.3 Å². The van der Waals surface area contributed by atoms with Crippen molar-refractivity contribution >= 4 is 17.3 Å². The number of rotatable bonds is 5. The Hall–Kier alpha value is -0.770. The summed E-state index contributed by atoms with van der Waals surface area (Å²) in [5.41, 5.74) is 8.16. The number of benzene rings is 1.